The van der Waals surface area contributed by atoms with Crippen LogP contribution < -0.4 is 5.32 Å². The fraction of sp³-hybridized carbons (Fsp3) is 0.211. The highest BCUT2D eigenvalue weighted by atomic mass is 19.1. The van der Waals surface area contributed by atoms with Crippen molar-refractivity contribution in [2.45, 2.75) is 13.2 Å². The molecule has 0 spiro atoms. The maximum absolute atomic E-state index is 14.8. The molecule has 0 fully saturated rings. The molecule has 0 unspecified atom stereocenters. The number of hydrogen-bond acceptors (Lipinski definition) is 7. The number of esters is 1. The Hall–Kier alpha value is -3.66. The molecule has 3 aromatic rings. The van der Waals surface area contributed by atoms with Gasteiger partial charge in [0.1, 0.15) is 24.8 Å². The number of ether oxygens (including phenoxy) is 2. The van der Waals surface area contributed by atoms with E-state index in [1.807, 2.05) is 0 Å². The van der Waals surface area contributed by atoms with Gasteiger partial charge in [0.05, 0.1) is 6.61 Å². The van der Waals surface area contributed by atoms with Gasteiger partial charge in [0.15, 0.2) is 23.5 Å². The number of benzene rings is 1. The van der Waals surface area contributed by atoms with E-state index in [2.05, 4.69) is 20.3 Å². The summed E-state index contributed by atoms with van der Waals surface area (Å²) < 4.78 is 26.6. The highest BCUT2D eigenvalue weighted by Gasteiger charge is 2.31. The molecule has 1 amide bonds. The van der Waals surface area contributed by atoms with Crippen molar-refractivity contribution in [3.8, 4) is 0 Å². The number of amides is 1. The van der Waals surface area contributed by atoms with Crippen LogP contribution in [0, 0.1) is 0 Å². The number of nitrogens with one attached hydrogen (secondary N) is 1. The summed E-state index contributed by atoms with van der Waals surface area (Å²) in [7, 11) is 0. The second-order valence-electron chi connectivity index (χ2n) is 6.26. The molecule has 0 aliphatic carbocycles. The molecule has 29 heavy (non-hydrogen) atoms. The predicted molar refractivity (Wildman–Crippen MR) is 99.5 cm³/mol. The third-order valence-electron chi connectivity index (χ3n) is 4.31. The van der Waals surface area contributed by atoms with Crippen LogP contribution in [0.15, 0.2) is 54.4 Å². The first-order valence-electron chi connectivity index (χ1n) is 8.71. The monoisotopic (exact) mass is 397 g/mol. The standard InChI is InChI=1S/C19H16FN5O4/c1-11(26)28-7-13-8-29-19(14(13)20)25-10-23-16-15(25)17(22-9-21-16)24-18(27)12-5-3-2-4-6-12/h2-6,9-10,19H,7-8H2,1H3,(H,21,22,24,27)/t19-/m1/s1. The lowest BCUT2D eigenvalue weighted by molar-refractivity contribution is -0.140. The molecule has 4 rings (SSSR count). The van der Waals surface area contributed by atoms with Gasteiger partial charge in [-0.3, -0.25) is 14.2 Å². The van der Waals surface area contributed by atoms with Gasteiger partial charge in [0.2, 0.25) is 0 Å². The summed E-state index contributed by atoms with van der Waals surface area (Å²) in [4.78, 5) is 35.8. The van der Waals surface area contributed by atoms with Crippen molar-refractivity contribution < 1.29 is 23.5 Å². The lowest BCUT2D eigenvalue weighted by Gasteiger charge is -2.14. The van der Waals surface area contributed by atoms with Gasteiger partial charge in [-0.05, 0) is 12.1 Å². The SMILES string of the molecule is CC(=O)OCC1=C(F)[C@H](n2cnc3ncnc(NC(=O)c4ccccc4)c32)OC1. The maximum atomic E-state index is 14.8. The Morgan fingerprint density at radius 1 is 1.28 bits per heavy atom. The van der Waals surface area contributed by atoms with Gasteiger partial charge in [-0.1, -0.05) is 18.2 Å². The van der Waals surface area contributed by atoms with E-state index in [-0.39, 0.29) is 36.2 Å². The number of carbonyl (C=O) groups excluding carboxylic acids is 2. The molecule has 10 heteroatoms. The molecule has 1 aliphatic heterocycles. The Bertz CT molecular complexity index is 1110. The van der Waals surface area contributed by atoms with Crippen LogP contribution in [0.4, 0.5) is 10.2 Å². The molecule has 9 nitrogen and oxygen atoms in total. The van der Waals surface area contributed by atoms with Crippen LogP contribution in [0.2, 0.25) is 0 Å². The summed E-state index contributed by atoms with van der Waals surface area (Å²) in [6.45, 7) is 1.01. The molecule has 1 N–H and O–H groups in total. The van der Waals surface area contributed by atoms with Gasteiger partial charge in [-0.2, -0.15) is 0 Å². The van der Waals surface area contributed by atoms with E-state index < -0.39 is 18.0 Å². The fourth-order valence-corrected chi connectivity index (χ4v) is 2.91. The third kappa shape index (κ3) is 3.69. The summed E-state index contributed by atoms with van der Waals surface area (Å²) in [5.41, 5.74) is 1.25. The highest BCUT2D eigenvalue weighted by molar-refractivity contribution is 6.06. The molecule has 1 aliphatic rings. The summed E-state index contributed by atoms with van der Waals surface area (Å²) >= 11 is 0. The van der Waals surface area contributed by atoms with E-state index in [9.17, 15) is 14.0 Å². The summed E-state index contributed by atoms with van der Waals surface area (Å²) in [6.07, 6.45) is 1.49. The van der Waals surface area contributed by atoms with Crippen LogP contribution in [0.3, 0.4) is 0 Å². The van der Waals surface area contributed by atoms with E-state index in [0.717, 1.165) is 0 Å². The second-order valence-corrected chi connectivity index (χ2v) is 6.26. The molecule has 1 aromatic carbocycles. The lowest BCUT2D eigenvalue weighted by Crippen LogP contribution is -2.15. The van der Waals surface area contributed by atoms with E-state index >= 15 is 0 Å². The highest BCUT2D eigenvalue weighted by Crippen LogP contribution is 2.34. The quantitative estimate of drug-likeness (QED) is 0.659. The zero-order valence-electron chi connectivity index (χ0n) is 15.3. The first-order valence-corrected chi connectivity index (χ1v) is 8.71. The number of aromatic nitrogens is 4. The number of imidazole rings is 1. The first kappa shape index (κ1) is 18.7. The van der Waals surface area contributed by atoms with Crippen LogP contribution >= 0.6 is 0 Å². The Labute approximate surface area is 164 Å². The molecule has 0 saturated heterocycles. The minimum atomic E-state index is -1.12. The zero-order valence-corrected chi connectivity index (χ0v) is 15.3. The molecule has 0 bridgehead atoms. The Balaban J connectivity index is 1.67. The van der Waals surface area contributed by atoms with E-state index in [1.54, 1.807) is 30.3 Å². The van der Waals surface area contributed by atoms with Crippen molar-refractivity contribution in [2.24, 2.45) is 0 Å². The van der Waals surface area contributed by atoms with Gasteiger partial charge in [0.25, 0.3) is 5.91 Å². The van der Waals surface area contributed by atoms with E-state index in [4.69, 9.17) is 9.47 Å². The van der Waals surface area contributed by atoms with Gasteiger partial charge in [-0.25, -0.2) is 19.3 Å². The number of carbonyl (C=O) groups is 2. The topological polar surface area (TPSA) is 108 Å². The van der Waals surface area contributed by atoms with Crippen LogP contribution in [-0.2, 0) is 14.3 Å². The number of fused-ring (bicyclic) bond motifs is 1. The number of nitrogens with zero attached hydrogens (tertiary/aromatic N) is 4. The van der Waals surface area contributed by atoms with Crippen molar-refractivity contribution >= 4 is 28.9 Å². The Kier molecular flexibility index (Phi) is 5.00. The minimum absolute atomic E-state index is 0.0388. The maximum Gasteiger partial charge on any atom is 0.302 e. The van der Waals surface area contributed by atoms with Crippen LogP contribution in [0.1, 0.15) is 23.5 Å². The fourth-order valence-electron chi connectivity index (χ4n) is 2.91. The van der Waals surface area contributed by atoms with Crippen molar-refractivity contribution in [3.63, 3.8) is 0 Å². The van der Waals surface area contributed by atoms with Crippen LogP contribution in [-0.4, -0.2) is 44.6 Å². The normalized spacial score (nSPS) is 16.3. The summed E-state index contributed by atoms with van der Waals surface area (Å²) in [6, 6.07) is 8.61. The van der Waals surface area contributed by atoms with Gasteiger partial charge in [0, 0.05) is 18.1 Å². The van der Waals surface area contributed by atoms with Crippen molar-refractivity contribution in [1.29, 1.82) is 0 Å². The first-order chi connectivity index (χ1) is 14.0. The van der Waals surface area contributed by atoms with Crippen LogP contribution in [0.25, 0.3) is 11.2 Å². The number of rotatable bonds is 5. The number of anilines is 1. The smallest absolute Gasteiger partial charge is 0.302 e. The number of halogens is 1. The Morgan fingerprint density at radius 2 is 2.07 bits per heavy atom. The Morgan fingerprint density at radius 3 is 2.83 bits per heavy atom. The van der Waals surface area contributed by atoms with E-state index in [0.29, 0.717) is 11.1 Å². The van der Waals surface area contributed by atoms with Crippen molar-refractivity contribution in [2.75, 3.05) is 18.5 Å². The number of hydrogen-bond donors (Lipinski definition) is 1. The largest absolute Gasteiger partial charge is 0.461 e. The van der Waals surface area contributed by atoms with Gasteiger partial charge >= 0.3 is 5.97 Å². The third-order valence-corrected chi connectivity index (χ3v) is 4.31. The molecule has 2 aromatic heterocycles. The zero-order chi connectivity index (χ0) is 20.4. The minimum Gasteiger partial charge on any atom is -0.461 e. The average molecular weight is 397 g/mol. The second kappa shape index (κ2) is 7.76. The predicted octanol–water partition coefficient (Wildman–Crippen LogP) is 2.39. The lowest BCUT2D eigenvalue weighted by atomic mass is 10.2. The van der Waals surface area contributed by atoms with Gasteiger partial charge in [-0.15, -0.1) is 0 Å². The molecular formula is C19H16FN5O4. The van der Waals surface area contributed by atoms with Crippen LogP contribution in [0.5, 0.6) is 0 Å². The molecule has 0 radical (unpaired) electrons. The van der Waals surface area contributed by atoms with E-state index in [1.165, 1.54) is 24.1 Å². The molecule has 0 saturated carbocycles. The van der Waals surface area contributed by atoms with Crippen molar-refractivity contribution in [3.05, 3.63) is 59.9 Å². The molecular weight excluding hydrogens is 381 g/mol. The van der Waals surface area contributed by atoms with Crippen molar-refractivity contribution in [1.82, 2.24) is 19.5 Å². The molecule has 148 valence electrons. The summed E-state index contributed by atoms with van der Waals surface area (Å²) in [5.74, 6) is -1.31. The summed E-state index contributed by atoms with van der Waals surface area (Å²) in [5, 5.41) is 2.70. The van der Waals surface area contributed by atoms with Gasteiger partial charge < -0.3 is 14.8 Å². The molecule has 1 atom stereocenters. The molecule has 3 heterocycles. The average Bonchev–Trinajstić information content (AvgIpc) is 3.31.